The van der Waals surface area contributed by atoms with Gasteiger partial charge in [0.15, 0.2) is 0 Å². The molecule has 3 nitrogen and oxygen atoms in total. The van der Waals surface area contributed by atoms with Crippen molar-refractivity contribution in [2.75, 3.05) is 13.7 Å². The van der Waals surface area contributed by atoms with Crippen LogP contribution in [0, 0.1) is 23.2 Å². The van der Waals surface area contributed by atoms with Crippen molar-refractivity contribution >= 4 is 28.8 Å². The SMILES string of the molecule is COC(CNC(=O)C12CC3CC(CC(C3)C1)C2)c1ccc(Cl)s1. The standard InChI is InChI=1S/C18H24ClNO2S/c1-22-14(15-2-3-16(19)23-15)10-20-17(21)18-7-11-4-12(8-18)6-13(5-11)9-18/h2-3,11-14H,4-10H2,1H3,(H,20,21). The molecule has 4 saturated carbocycles. The summed E-state index contributed by atoms with van der Waals surface area (Å²) in [6.07, 6.45) is 7.29. The van der Waals surface area contributed by atoms with Crippen LogP contribution >= 0.6 is 22.9 Å². The van der Waals surface area contributed by atoms with E-state index in [1.165, 1.54) is 30.6 Å². The molecule has 126 valence electrons. The van der Waals surface area contributed by atoms with Crippen LogP contribution in [-0.2, 0) is 9.53 Å². The summed E-state index contributed by atoms with van der Waals surface area (Å²) >= 11 is 7.53. The van der Waals surface area contributed by atoms with E-state index in [9.17, 15) is 4.79 Å². The number of hydrogen-bond donors (Lipinski definition) is 1. The molecule has 5 heteroatoms. The molecule has 0 radical (unpaired) electrons. The monoisotopic (exact) mass is 353 g/mol. The number of halogens is 1. The lowest BCUT2D eigenvalue weighted by molar-refractivity contribution is -0.146. The molecule has 1 N–H and O–H groups in total. The number of amides is 1. The zero-order valence-corrected chi connectivity index (χ0v) is 15.1. The van der Waals surface area contributed by atoms with Gasteiger partial charge in [0, 0.05) is 23.9 Å². The topological polar surface area (TPSA) is 38.3 Å². The summed E-state index contributed by atoms with van der Waals surface area (Å²) in [4.78, 5) is 14.0. The van der Waals surface area contributed by atoms with Gasteiger partial charge in [-0.15, -0.1) is 11.3 Å². The number of carbonyl (C=O) groups is 1. The highest BCUT2D eigenvalue weighted by Crippen LogP contribution is 2.60. The molecule has 4 aliphatic rings. The predicted octanol–water partition coefficient (Wildman–Crippen LogP) is 4.42. The zero-order chi connectivity index (χ0) is 16.0. The molecule has 1 amide bonds. The lowest BCUT2D eigenvalue weighted by atomic mass is 9.49. The second kappa shape index (κ2) is 6.05. The second-order valence-electron chi connectivity index (χ2n) is 7.77. The molecule has 0 saturated heterocycles. The Labute approximate surface area is 146 Å². The maximum atomic E-state index is 13.0. The van der Waals surface area contributed by atoms with Crippen LogP contribution in [0.5, 0.6) is 0 Å². The fraction of sp³-hybridized carbons (Fsp3) is 0.722. The molecule has 23 heavy (non-hydrogen) atoms. The fourth-order valence-electron chi connectivity index (χ4n) is 5.56. The summed E-state index contributed by atoms with van der Waals surface area (Å²) in [5.74, 6) is 2.64. The average Bonchev–Trinajstić information content (AvgIpc) is 2.93. The van der Waals surface area contributed by atoms with E-state index in [1.54, 1.807) is 7.11 Å². The first-order valence-corrected chi connectivity index (χ1v) is 9.84. The minimum Gasteiger partial charge on any atom is -0.374 e. The maximum Gasteiger partial charge on any atom is 0.226 e. The van der Waals surface area contributed by atoms with Gasteiger partial charge in [-0.05, 0) is 68.4 Å². The Morgan fingerprint density at radius 2 is 1.91 bits per heavy atom. The molecule has 1 atom stereocenters. The van der Waals surface area contributed by atoms with Crippen molar-refractivity contribution in [3.63, 3.8) is 0 Å². The van der Waals surface area contributed by atoms with Crippen LogP contribution in [0.4, 0.5) is 0 Å². The Kier molecular flexibility index (Phi) is 4.19. The Bertz CT molecular complexity index is 564. The number of thiophene rings is 1. The van der Waals surface area contributed by atoms with E-state index < -0.39 is 0 Å². The van der Waals surface area contributed by atoms with E-state index in [1.807, 2.05) is 12.1 Å². The summed E-state index contributed by atoms with van der Waals surface area (Å²) in [6, 6.07) is 3.87. The third kappa shape index (κ3) is 2.94. The van der Waals surface area contributed by atoms with Crippen molar-refractivity contribution < 1.29 is 9.53 Å². The fourth-order valence-corrected chi connectivity index (χ4v) is 6.70. The average molecular weight is 354 g/mol. The van der Waals surface area contributed by atoms with Gasteiger partial charge < -0.3 is 10.1 Å². The van der Waals surface area contributed by atoms with E-state index in [0.29, 0.717) is 6.54 Å². The summed E-state index contributed by atoms with van der Waals surface area (Å²) in [5, 5.41) is 3.20. The minimum atomic E-state index is -0.106. The normalized spacial score (nSPS) is 36.2. The van der Waals surface area contributed by atoms with Gasteiger partial charge in [0.25, 0.3) is 0 Å². The van der Waals surface area contributed by atoms with Crippen LogP contribution in [0.3, 0.4) is 0 Å². The third-order valence-electron chi connectivity index (χ3n) is 6.16. The number of hydrogen-bond acceptors (Lipinski definition) is 3. The Hall–Kier alpha value is -0.580. The van der Waals surface area contributed by atoms with E-state index in [-0.39, 0.29) is 17.4 Å². The van der Waals surface area contributed by atoms with Crippen molar-refractivity contribution in [2.24, 2.45) is 23.2 Å². The van der Waals surface area contributed by atoms with Crippen LogP contribution in [0.15, 0.2) is 12.1 Å². The van der Waals surface area contributed by atoms with Gasteiger partial charge >= 0.3 is 0 Å². The van der Waals surface area contributed by atoms with Crippen LogP contribution in [0.2, 0.25) is 4.34 Å². The van der Waals surface area contributed by atoms with Crippen molar-refractivity contribution in [3.8, 4) is 0 Å². The molecule has 4 fully saturated rings. The number of carbonyl (C=O) groups excluding carboxylic acids is 1. The summed E-state index contributed by atoms with van der Waals surface area (Å²) < 4.78 is 6.31. The summed E-state index contributed by atoms with van der Waals surface area (Å²) in [7, 11) is 1.69. The lowest BCUT2D eigenvalue weighted by Gasteiger charge is -2.55. The van der Waals surface area contributed by atoms with E-state index in [2.05, 4.69) is 5.32 Å². The molecular weight excluding hydrogens is 330 g/mol. The van der Waals surface area contributed by atoms with Crippen LogP contribution in [-0.4, -0.2) is 19.6 Å². The first-order valence-electron chi connectivity index (χ1n) is 8.64. The number of ether oxygens (including phenoxy) is 1. The van der Waals surface area contributed by atoms with Crippen LogP contribution < -0.4 is 5.32 Å². The van der Waals surface area contributed by atoms with Gasteiger partial charge in [0.05, 0.1) is 4.34 Å². The first-order chi connectivity index (χ1) is 11.1. The van der Waals surface area contributed by atoms with E-state index in [4.69, 9.17) is 16.3 Å². The highest BCUT2D eigenvalue weighted by atomic mass is 35.5. The second-order valence-corrected chi connectivity index (χ2v) is 9.52. The lowest BCUT2D eigenvalue weighted by Crippen LogP contribution is -2.54. The van der Waals surface area contributed by atoms with Crippen molar-refractivity contribution in [1.29, 1.82) is 0 Å². The van der Waals surface area contributed by atoms with Gasteiger partial charge in [-0.25, -0.2) is 0 Å². The zero-order valence-electron chi connectivity index (χ0n) is 13.5. The molecule has 4 bridgehead atoms. The minimum absolute atomic E-state index is 0.0832. The van der Waals surface area contributed by atoms with E-state index >= 15 is 0 Å². The summed E-state index contributed by atoms with van der Waals surface area (Å²) in [5.41, 5.74) is -0.0832. The smallest absolute Gasteiger partial charge is 0.226 e. The number of nitrogens with one attached hydrogen (secondary N) is 1. The number of methoxy groups -OCH3 is 1. The first kappa shape index (κ1) is 15.9. The quantitative estimate of drug-likeness (QED) is 0.850. The van der Waals surface area contributed by atoms with Crippen LogP contribution in [0.25, 0.3) is 0 Å². The third-order valence-corrected chi connectivity index (χ3v) is 7.49. The largest absolute Gasteiger partial charge is 0.374 e. The molecule has 4 aliphatic carbocycles. The van der Waals surface area contributed by atoms with Crippen LogP contribution in [0.1, 0.15) is 49.5 Å². The molecule has 1 aromatic heterocycles. The molecule has 1 aromatic rings. The van der Waals surface area contributed by atoms with Gasteiger partial charge in [-0.1, -0.05) is 11.6 Å². The Morgan fingerprint density at radius 1 is 1.30 bits per heavy atom. The summed E-state index contributed by atoms with van der Waals surface area (Å²) in [6.45, 7) is 0.536. The molecule has 0 aliphatic heterocycles. The van der Waals surface area contributed by atoms with Gasteiger partial charge in [-0.2, -0.15) is 0 Å². The maximum absolute atomic E-state index is 13.0. The van der Waals surface area contributed by atoms with Gasteiger partial charge in [0.1, 0.15) is 6.10 Å². The van der Waals surface area contributed by atoms with Gasteiger partial charge in [-0.3, -0.25) is 4.79 Å². The van der Waals surface area contributed by atoms with Crippen molar-refractivity contribution in [1.82, 2.24) is 5.32 Å². The highest BCUT2D eigenvalue weighted by Gasteiger charge is 2.54. The van der Waals surface area contributed by atoms with Gasteiger partial charge in [0.2, 0.25) is 5.91 Å². The van der Waals surface area contributed by atoms with Crippen molar-refractivity contribution in [2.45, 2.75) is 44.6 Å². The van der Waals surface area contributed by atoms with Crippen molar-refractivity contribution in [3.05, 3.63) is 21.3 Å². The number of rotatable bonds is 5. The molecular formula is C18H24ClNO2S. The van der Waals surface area contributed by atoms with E-state index in [0.717, 1.165) is 46.2 Å². The Morgan fingerprint density at radius 3 is 2.39 bits per heavy atom. The molecule has 5 rings (SSSR count). The molecule has 1 heterocycles. The molecule has 0 aromatic carbocycles. The molecule has 0 spiro atoms. The highest BCUT2D eigenvalue weighted by molar-refractivity contribution is 7.16. The predicted molar refractivity (Wildman–Crippen MR) is 92.7 cm³/mol. The molecule has 1 unspecified atom stereocenters. The Balaban J connectivity index is 1.42.